The number of rotatable bonds is 3. The largest absolute Gasteiger partial charge is 0.480 e. The summed E-state index contributed by atoms with van der Waals surface area (Å²) < 4.78 is 13.7. The zero-order chi connectivity index (χ0) is 14.4. The fourth-order valence-electron chi connectivity index (χ4n) is 3.05. The molecule has 1 aromatic carbocycles. The summed E-state index contributed by atoms with van der Waals surface area (Å²) in [5, 5.41) is 9.23. The zero-order valence-corrected chi connectivity index (χ0v) is 10.7. The van der Waals surface area contributed by atoms with Crippen LogP contribution in [0.2, 0.25) is 0 Å². The van der Waals surface area contributed by atoms with E-state index in [0.29, 0.717) is 6.54 Å². The van der Waals surface area contributed by atoms with Crippen molar-refractivity contribution in [2.75, 3.05) is 6.54 Å². The van der Waals surface area contributed by atoms with Crippen LogP contribution in [-0.4, -0.2) is 34.5 Å². The second-order valence-corrected chi connectivity index (χ2v) is 5.43. The minimum Gasteiger partial charge on any atom is -0.480 e. The highest BCUT2D eigenvalue weighted by Crippen LogP contribution is 2.50. The highest BCUT2D eigenvalue weighted by Gasteiger charge is 2.57. The summed E-state index contributed by atoms with van der Waals surface area (Å²) in [6.07, 6.45) is 0.843. The molecule has 1 saturated carbocycles. The maximum absolute atomic E-state index is 13.7. The van der Waals surface area contributed by atoms with Crippen molar-refractivity contribution in [1.82, 2.24) is 4.90 Å². The number of likely N-dealkylation sites (tertiary alicyclic amines) is 1. The van der Waals surface area contributed by atoms with Gasteiger partial charge in [0, 0.05) is 12.1 Å². The lowest BCUT2D eigenvalue weighted by molar-refractivity contribution is -0.150. The molecule has 1 saturated heterocycles. The van der Waals surface area contributed by atoms with Crippen LogP contribution >= 0.6 is 0 Å². The van der Waals surface area contributed by atoms with Gasteiger partial charge in [0.05, 0.1) is 0 Å². The smallest absolute Gasteiger partial charge is 0.326 e. The Hall–Kier alpha value is -1.95. The third-order valence-corrected chi connectivity index (χ3v) is 4.19. The van der Waals surface area contributed by atoms with Crippen LogP contribution < -0.4 is 5.73 Å². The van der Waals surface area contributed by atoms with Gasteiger partial charge >= 0.3 is 5.97 Å². The van der Waals surface area contributed by atoms with E-state index in [1.54, 1.807) is 6.07 Å². The number of carboxylic acid groups (broad SMARTS) is 1. The number of carbonyl (C=O) groups is 2. The molecule has 0 bridgehead atoms. The van der Waals surface area contributed by atoms with Crippen molar-refractivity contribution >= 4 is 11.9 Å². The fourth-order valence-corrected chi connectivity index (χ4v) is 3.05. The summed E-state index contributed by atoms with van der Waals surface area (Å²) in [6, 6.07) is 3.83. The van der Waals surface area contributed by atoms with Gasteiger partial charge in [-0.3, -0.25) is 4.79 Å². The number of aliphatic carboxylic acids is 1. The van der Waals surface area contributed by atoms with Crippen LogP contribution in [0, 0.1) is 17.7 Å². The summed E-state index contributed by atoms with van der Waals surface area (Å²) in [6.45, 7) is 0.405. The number of fused-ring (bicyclic) bond motifs is 1. The molecule has 1 aromatic rings. The maximum Gasteiger partial charge on any atom is 0.326 e. The van der Waals surface area contributed by atoms with Crippen molar-refractivity contribution in [3.05, 3.63) is 35.6 Å². The fraction of sp³-hybridized carbons (Fsp3) is 0.429. The summed E-state index contributed by atoms with van der Waals surface area (Å²) in [5.74, 6) is -1.79. The van der Waals surface area contributed by atoms with Crippen LogP contribution in [0.15, 0.2) is 24.3 Å². The van der Waals surface area contributed by atoms with E-state index in [1.807, 2.05) is 0 Å². The van der Waals surface area contributed by atoms with Crippen LogP contribution in [0.25, 0.3) is 0 Å². The van der Waals surface area contributed by atoms with Gasteiger partial charge in [0.1, 0.15) is 17.9 Å². The van der Waals surface area contributed by atoms with Gasteiger partial charge in [-0.05, 0) is 24.3 Å². The van der Waals surface area contributed by atoms with Crippen molar-refractivity contribution in [3.8, 4) is 0 Å². The Bertz CT molecular complexity index is 577. The molecule has 0 spiro atoms. The SMILES string of the molecule is NC(C(=O)N1C[C@@H]2C[C@@H]2[C@H]1C(=O)O)c1ccccc1F. The summed E-state index contributed by atoms with van der Waals surface area (Å²) in [4.78, 5) is 24.9. The molecule has 106 valence electrons. The topological polar surface area (TPSA) is 83.6 Å². The number of carbonyl (C=O) groups excluding carboxylic acids is 1. The van der Waals surface area contributed by atoms with E-state index in [1.165, 1.54) is 23.1 Å². The molecule has 1 amide bonds. The molecule has 0 radical (unpaired) electrons. The molecular weight excluding hydrogens is 263 g/mol. The lowest BCUT2D eigenvalue weighted by Gasteiger charge is -2.27. The highest BCUT2D eigenvalue weighted by atomic mass is 19.1. The Morgan fingerprint density at radius 1 is 1.40 bits per heavy atom. The molecule has 1 aliphatic heterocycles. The minimum atomic E-state index is -1.16. The minimum absolute atomic E-state index is 0.0317. The molecule has 3 rings (SSSR count). The Morgan fingerprint density at radius 3 is 2.75 bits per heavy atom. The van der Waals surface area contributed by atoms with Crippen molar-refractivity contribution in [2.24, 2.45) is 17.6 Å². The van der Waals surface area contributed by atoms with E-state index in [-0.39, 0.29) is 17.4 Å². The molecule has 1 aliphatic carbocycles. The van der Waals surface area contributed by atoms with Crippen molar-refractivity contribution in [3.63, 3.8) is 0 Å². The zero-order valence-electron chi connectivity index (χ0n) is 10.7. The lowest BCUT2D eigenvalue weighted by Crippen LogP contribution is -2.47. The lowest BCUT2D eigenvalue weighted by atomic mass is 10.0. The average molecular weight is 278 g/mol. The van der Waals surface area contributed by atoms with Gasteiger partial charge in [0.25, 0.3) is 0 Å². The molecular formula is C14H15FN2O3. The Balaban J connectivity index is 1.82. The molecule has 20 heavy (non-hydrogen) atoms. The van der Waals surface area contributed by atoms with E-state index in [4.69, 9.17) is 5.73 Å². The molecule has 2 aliphatic rings. The normalized spacial score (nSPS) is 28.9. The molecule has 0 aromatic heterocycles. The van der Waals surface area contributed by atoms with Crippen LogP contribution in [0.3, 0.4) is 0 Å². The van der Waals surface area contributed by atoms with Crippen LogP contribution in [0.5, 0.6) is 0 Å². The second-order valence-electron chi connectivity index (χ2n) is 5.43. The molecule has 4 atom stereocenters. The summed E-state index contributed by atoms with van der Waals surface area (Å²) >= 11 is 0. The van der Waals surface area contributed by atoms with Gasteiger partial charge < -0.3 is 15.7 Å². The van der Waals surface area contributed by atoms with E-state index in [0.717, 1.165) is 6.42 Å². The molecule has 1 unspecified atom stereocenters. The van der Waals surface area contributed by atoms with E-state index in [2.05, 4.69) is 0 Å². The third-order valence-electron chi connectivity index (χ3n) is 4.19. The van der Waals surface area contributed by atoms with Crippen LogP contribution in [0.1, 0.15) is 18.0 Å². The first kappa shape index (κ1) is 13.1. The van der Waals surface area contributed by atoms with Gasteiger partial charge in [-0.15, -0.1) is 0 Å². The predicted octanol–water partition coefficient (Wildman–Crippen LogP) is 0.757. The molecule has 1 heterocycles. The number of amides is 1. The van der Waals surface area contributed by atoms with E-state index >= 15 is 0 Å². The van der Waals surface area contributed by atoms with Gasteiger partial charge in [-0.2, -0.15) is 0 Å². The van der Waals surface area contributed by atoms with Gasteiger partial charge in [-0.25, -0.2) is 9.18 Å². The van der Waals surface area contributed by atoms with E-state index in [9.17, 15) is 19.1 Å². The number of nitrogens with zero attached hydrogens (tertiary/aromatic N) is 1. The first-order valence-corrected chi connectivity index (χ1v) is 6.54. The Labute approximate surface area is 115 Å². The molecule has 2 fully saturated rings. The first-order valence-electron chi connectivity index (χ1n) is 6.54. The van der Waals surface area contributed by atoms with Gasteiger partial charge in [0.2, 0.25) is 5.91 Å². The monoisotopic (exact) mass is 278 g/mol. The number of piperidine rings is 1. The maximum atomic E-state index is 13.7. The molecule has 3 N–H and O–H groups in total. The number of hydrogen-bond acceptors (Lipinski definition) is 3. The quantitative estimate of drug-likeness (QED) is 0.855. The van der Waals surface area contributed by atoms with Crippen molar-refractivity contribution < 1.29 is 19.1 Å². The van der Waals surface area contributed by atoms with Crippen molar-refractivity contribution in [1.29, 1.82) is 0 Å². The van der Waals surface area contributed by atoms with Gasteiger partial charge in [-0.1, -0.05) is 18.2 Å². The van der Waals surface area contributed by atoms with Crippen LogP contribution in [0.4, 0.5) is 4.39 Å². The molecule has 5 nitrogen and oxygen atoms in total. The standard InChI is InChI=1S/C14H15FN2O3/c15-10-4-2-1-3-8(10)11(16)13(18)17-6-7-5-9(7)12(17)14(19)20/h1-4,7,9,11-12H,5-6,16H2,(H,19,20)/t7-,9-,11?,12-/m0/s1. The average Bonchev–Trinajstić information content (AvgIpc) is 3.07. The Kier molecular flexibility index (Phi) is 2.97. The molecule has 6 heteroatoms. The number of halogens is 1. The van der Waals surface area contributed by atoms with Crippen LogP contribution in [-0.2, 0) is 9.59 Å². The van der Waals surface area contributed by atoms with Gasteiger partial charge in [0.15, 0.2) is 0 Å². The first-order chi connectivity index (χ1) is 9.50. The highest BCUT2D eigenvalue weighted by molar-refractivity contribution is 5.89. The Morgan fingerprint density at radius 2 is 2.10 bits per heavy atom. The number of benzene rings is 1. The number of carboxylic acids is 1. The van der Waals surface area contributed by atoms with Crippen molar-refractivity contribution in [2.45, 2.75) is 18.5 Å². The second kappa shape index (κ2) is 4.56. The van der Waals surface area contributed by atoms with E-state index < -0.39 is 29.8 Å². The number of hydrogen-bond donors (Lipinski definition) is 2. The predicted molar refractivity (Wildman–Crippen MR) is 68.1 cm³/mol. The summed E-state index contributed by atoms with van der Waals surface area (Å²) in [7, 11) is 0. The summed E-state index contributed by atoms with van der Waals surface area (Å²) in [5.41, 5.74) is 5.92. The third kappa shape index (κ3) is 1.96. The number of nitrogens with two attached hydrogens (primary N) is 1.